The van der Waals surface area contributed by atoms with E-state index >= 15 is 0 Å². The third-order valence-electron chi connectivity index (χ3n) is 7.67. The standard InChI is InChI=1S/C29H38F6N6/c1-3-4-27(41-13-11-22(12-14-41)37-23-7-10-26(36)25(19-23)29(33,34)35)38(2)20-39-15-17-40(18-16-39)24-8-5-21(6-9-24)28(30,31)32/h4-10,19,22,37H,3,11-18,20,36H2,1-2H3/b27-4+. The Bertz CT molecular complexity index is 1160. The van der Waals surface area contributed by atoms with E-state index in [0.717, 1.165) is 94.9 Å². The van der Waals surface area contributed by atoms with Crippen LogP contribution in [0.2, 0.25) is 0 Å². The van der Waals surface area contributed by atoms with Crippen LogP contribution in [-0.2, 0) is 12.4 Å². The van der Waals surface area contributed by atoms with Crippen molar-refractivity contribution < 1.29 is 26.3 Å². The molecule has 0 aromatic heterocycles. The van der Waals surface area contributed by atoms with Crippen molar-refractivity contribution >= 4 is 17.1 Å². The first-order valence-corrected chi connectivity index (χ1v) is 13.9. The number of piperidine rings is 1. The average molecular weight is 585 g/mol. The van der Waals surface area contributed by atoms with Gasteiger partial charge in [-0.1, -0.05) is 6.92 Å². The highest BCUT2D eigenvalue weighted by atomic mass is 19.4. The van der Waals surface area contributed by atoms with Crippen LogP contribution in [0.5, 0.6) is 0 Å². The van der Waals surface area contributed by atoms with E-state index in [1.807, 2.05) is 0 Å². The molecule has 2 saturated heterocycles. The highest BCUT2D eigenvalue weighted by Crippen LogP contribution is 2.36. The van der Waals surface area contributed by atoms with E-state index in [2.05, 4.69) is 45.0 Å². The Hall–Kier alpha value is -3.28. The van der Waals surface area contributed by atoms with Crippen LogP contribution in [0.25, 0.3) is 0 Å². The SMILES string of the molecule is CC/C=C(\N(C)CN1CCN(c2ccc(C(F)(F)F)cc2)CC1)N1CCC(Nc2ccc(N)c(C(F)(F)F)c2)CC1. The van der Waals surface area contributed by atoms with Crippen LogP contribution in [0.4, 0.5) is 43.4 Å². The molecule has 0 bridgehead atoms. The number of piperazine rings is 1. The topological polar surface area (TPSA) is 51.0 Å². The third-order valence-corrected chi connectivity index (χ3v) is 7.67. The molecule has 4 rings (SSSR count). The number of alkyl halides is 6. The zero-order valence-electron chi connectivity index (χ0n) is 23.4. The van der Waals surface area contributed by atoms with Gasteiger partial charge in [0.15, 0.2) is 0 Å². The number of anilines is 3. The summed E-state index contributed by atoms with van der Waals surface area (Å²) in [4.78, 5) is 8.98. The molecule has 0 spiro atoms. The Kier molecular flexibility index (Phi) is 9.51. The number of nitrogens with two attached hydrogens (primary N) is 1. The maximum absolute atomic E-state index is 13.2. The zero-order chi connectivity index (χ0) is 29.8. The van der Waals surface area contributed by atoms with Crippen LogP contribution >= 0.6 is 0 Å². The number of nitrogens with zero attached hydrogens (tertiary/aromatic N) is 4. The Balaban J connectivity index is 1.27. The monoisotopic (exact) mass is 584 g/mol. The van der Waals surface area contributed by atoms with E-state index in [1.54, 1.807) is 6.07 Å². The third kappa shape index (κ3) is 7.93. The van der Waals surface area contributed by atoms with Gasteiger partial charge in [-0.3, -0.25) is 4.90 Å². The van der Waals surface area contributed by atoms with E-state index in [-0.39, 0.29) is 11.7 Å². The first-order valence-electron chi connectivity index (χ1n) is 13.9. The number of hydrogen-bond donors (Lipinski definition) is 2. The van der Waals surface area contributed by atoms with Crippen LogP contribution in [0.15, 0.2) is 54.4 Å². The fourth-order valence-corrected chi connectivity index (χ4v) is 5.47. The summed E-state index contributed by atoms with van der Waals surface area (Å²) in [5, 5.41) is 3.25. The second-order valence-corrected chi connectivity index (χ2v) is 10.7. The van der Waals surface area contributed by atoms with Crippen molar-refractivity contribution in [2.75, 3.05) is 68.9 Å². The van der Waals surface area contributed by atoms with Crippen molar-refractivity contribution in [1.82, 2.24) is 14.7 Å². The molecule has 12 heteroatoms. The predicted molar refractivity (Wildman–Crippen MR) is 150 cm³/mol. The van der Waals surface area contributed by atoms with Gasteiger partial charge in [-0.15, -0.1) is 0 Å². The molecule has 0 amide bonds. The summed E-state index contributed by atoms with van der Waals surface area (Å²) < 4.78 is 78.4. The molecule has 2 fully saturated rings. The molecule has 0 atom stereocenters. The molecule has 2 aromatic carbocycles. The molecule has 2 aliphatic heterocycles. The number of likely N-dealkylation sites (tertiary alicyclic amines) is 1. The van der Waals surface area contributed by atoms with E-state index in [4.69, 9.17) is 5.73 Å². The largest absolute Gasteiger partial charge is 0.418 e. The summed E-state index contributed by atoms with van der Waals surface area (Å²) in [6.45, 7) is 7.39. The van der Waals surface area contributed by atoms with E-state index in [0.29, 0.717) is 5.69 Å². The second kappa shape index (κ2) is 12.7. The molecule has 226 valence electrons. The second-order valence-electron chi connectivity index (χ2n) is 10.7. The molecule has 2 aliphatic rings. The summed E-state index contributed by atoms with van der Waals surface area (Å²) in [6.07, 6.45) is -4.20. The summed E-state index contributed by atoms with van der Waals surface area (Å²) in [5.41, 5.74) is 5.00. The number of hydrogen-bond acceptors (Lipinski definition) is 6. The van der Waals surface area contributed by atoms with Crippen LogP contribution in [0, 0.1) is 0 Å². The van der Waals surface area contributed by atoms with Crippen LogP contribution in [0.3, 0.4) is 0 Å². The summed E-state index contributed by atoms with van der Waals surface area (Å²) in [5.74, 6) is 1.13. The Labute approximate surface area is 237 Å². The highest BCUT2D eigenvalue weighted by molar-refractivity contribution is 5.58. The summed E-state index contributed by atoms with van der Waals surface area (Å²) >= 11 is 0. The molecule has 2 heterocycles. The maximum atomic E-state index is 13.2. The van der Waals surface area contributed by atoms with Crippen molar-refractivity contribution in [3.63, 3.8) is 0 Å². The van der Waals surface area contributed by atoms with Gasteiger partial charge in [0.2, 0.25) is 0 Å². The molecule has 0 unspecified atom stereocenters. The van der Waals surface area contributed by atoms with Gasteiger partial charge >= 0.3 is 12.4 Å². The van der Waals surface area contributed by atoms with Crippen molar-refractivity contribution in [3.05, 3.63) is 65.5 Å². The van der Waals surface area contributed by atoms with Crippen molar-refractivity contribution in [2.24, 2.45) is 0 Å². The Morgan fingerprint density at radius 2 is 1.56 bits per heavy atom. The van der Waals surface area contributed by atoms with Crippen LogP contribution < -0.4 is 16.0 Å². The molecular weight excluding hydrogens is 546 g/mol. The van der Waals surface area contributed by atoms with Crippen molar-refractivity contribution in [1.29, 1.82) is 0 Å². The molecule has 2 aromatic rings. The quantitative estimate of drug-likeness (QED) is 0.287. The number of halogens is 6. The van der Waals surface area contributed by atoms with E-state index < -0.39 is 23.5 Å². The van der Waals surface area contributed by atoms with Gasteiger partial charge in [0, 0.05) is 69.4 Å². The van der Waals surface area contributed by atoms with E-state index in [9.17, 15) is 26.3 Å². The van der Waals surface area contributed by atoms with Crippen LogP contribution in [-0.4, -0.2) is 73.7 Å². The van der Waals surface area contributed by atoms with Gasteiger partial charge in [0.05, 0.1) is 17.8 Å². The maximum Gasteiger partial charge on any atom is 0.418 e. The summed E-state index contributed by atoms with van der Waals surface area (Å²) in [7, 11) is 2.06. The van der Waals surface area contributed by atoms with Crippen LogP contribution in [0.1, 0.15) is 37.3 Å². The highest BCUT2D eigenvalue weighted by Gasteiger charge is 2.34. The minimum absolute atomic E-state index is 0.0578. The Morgan fingerprint density at radius 1 is 0.927 bits per heavy atom. The number of benzene rings is 2. The average Bonchev–Trinajstić information content (AvgIpc) is 2.93. The fraction of sp³-hybridized carbons (Fsp3) is 0.517. The van der Waals surface area contributed by atoms with Gasteiger partial charge < -0.3 is 25.8 Å². The van der Waals surface area contributed by atoms with Gasteiger partial charge in [0.25, 0.3) is 0 Å². The molecule has 0 saturated carbocycles. The van der Waals surface area contributed by atoms with Gasteiger partial charge in [-0.05, 0) is 67.8 Å². The summed E-state index contributed by atoms with van der Waals surface area (Å²) in [6, 6.07) is 9.35. The molecule has 0 radical (unpaired) electrons. The molecule has 0 aliphatic carbocycles. The van der Waals surface area contributed by atoms with Gasteiger partial charge in [-0.2, -0.15) is 26.3 Å². The number of nitrogen functional groups attached to an aromatic ring is 1. The van der Waals surface area contributed by atoms with Crippen molar-refractivity contribution in [3.8, 4) is 0 Å². The predicted octanol–water partition coefficient (Wildman–Crippen LogP) is 6.15. The van der Waals surface area contributed by atoms with Gasteiger partial charge in [-0.25, -0.2) is 0 Å². The Morgan fingerprint density at radius 3 is 2.12 bits per heavy atom. The number of nitrogens with one attached hydrogen (secondary N) is 1. The lowest BCUT2D eigenvalue weighted by Crippen LogP contribution is -2.51. The number of allylic oxidation sites excluding steroid dienone is 1. The normalized spacial score (nSPS) is 18.1. The molecule has 41 heavy (non-hydrogen) atoms. The van der Waals surface area contributed by atoms with Gasteiger partial charge in [0.1, 0.15) is 5.82 Å². The lowest BCUT2D eigenvalue weighted by molar-refractivity contribution is -0.138. The fourth-order valence-electron chi connectivity index (χ4n) is 5.47. The number of rotatable bonds is 8. The minimum atomic E-state index is -4.50. The molecule has 3 N–H and O–H groups in total. The zero-order valence-corrected chi connectivity index (χ0v) is 23.4. The first kappa shape index (κ1) is 30.7. The minimum Gasteiger partial charge on any atom is -0.398 e. The molecule has 6 nitrogen and oxygen atoms in total. The lowest BCUT2D eigenvalue weighted by Gasteiger charge is -2.42. The molecular formula is C29H38F6N6. The van der Waals surface area contributed by atoms with Crippen molar-refractivity contribution in [2.45, 2.75) is 44.6 Å². The lowest BCUT2D eigenvalue weighted by atomic mass is 10.0. The van der Waals surface area contributed by atoms with E-state index in [1.165, 1.54) is 18.2 Å². The first-order chi connectivity index (χ1) is 19.3. The smallest absolute Gasteiger partial charge is 0.398 e.